The molecule has 2 aromatic rings. The van der Waals surface area contributed by atoms with Gasteiger partial charge in [-0.15, -0.1) is 0 Å². The minimum atomic E-state index is -0.993. The van der Waals surface area contributed by atoms with Crippen molar-refractivity contribution in [3.8, 4) is 0 Å². The molecule has 0 spiro atoms. The van der Waals surface area contributed by atoms with Crippen LogP contribution in [0, 0.1) is 12.8 Å². The number of ether oxygens (including phenoxy) is 2. The highest BCUT2D eigenvalue weighted by Crippen LogP contribution is 2.34. The van der Waals surface area contributed by atoms with Crippen LogP contribution in [0.5, 0.6) is 0 Å². The number of benzene rings is 1. The van der Waals surface area contributed by atoms with Gasteiger partial charge in [0, 0.05) is 36.8 Å². The van der Waals surface area contributed by atoms with Crippen LogP contribution in [0.2, 0.25) is 0 Å². The highest BCUT2D eigenvalue weighted by molar-refractivity contribution is 5.82. The summed E-state index contributed by atoms with van der Waals surface area (Å²) in [6, 6.07) is 8.37. The van der Waals surface area contributed by atoms with Gasteiger partial charge < -0.3 is 30.3 Å². The highest BCUT2D eigenvalue weighted by Gasteiger charge is 2.36. The molecule has 2 saturated heterocycles. The largest absolute Gasteiger partial charge is 0.458 e. The number of carbonyl (C=O) groups excluding carboxylic acids is 2. The Balaban J connectivity index is 1.20. The van der Waals surface area contributed by atoms with Crippen molar-refractivity contribution >= 4 is 23.7 Å². The fourth-order valence-corrected chi connectivity index (χ4v) is 6.13. The summed E-state index contributed by atoms with van der Waals surface area (Å²) in [4.78, 5) is 37.1. The van der Waals surface area contributed by atoms with Gasteiger partial charge >= 0.3 is 12.1 Å². The predicted molar refractivity (Wildman–Crippen MR) is 175 cm³/mol. The molecule has 242 valence electrons. The lowest BCUT2D eigenvalue weighted by Crippen LogP contribution is -2.59. The van der Waals surface area contributed by atoms with Crippen LogP contribution >= 0.6 is 0 Å². The van der Waals surface area contributed by atoms with Crippen molar-refractivity contribution in [3.63, 3.8) is 0 Å². The van der Waals surface area contributed by atoms with Gasteiger partial charge in [-0.1, -0.05) is 36.4 Å². The molecule has 4 N–H and O–H groups in total. The number of nitrogens with one attached hydrogen (secondary N) is 4. The molecule has 11 nitrogen and oxygen atoms in total. The van der Waals surface area contributed by atoms with E-state index in [0.29, 0.717) is 11.7 Å². The summed E-state index contributed by atoms with van der Waals surface area (Å²) in [6.07, 6.45) is 9.75. The second kappa shape index (κ2) is 13.9. The van der Waals surface area contributed by atoms with Gasteiger partial charge in [0.15, 0.2) is 0 Å². The molecule has 0 radical (unpaired) electrons. The first-order chi connectivity index (χ1) is 21.5. The van der Waals surface area contributed by atoms with E-state index < -0.39 is 23.7 Å². The molecule has 1 unspecified atom stereocenters. The zero-order valence-corrected chi connectivity index (χ0v) is 27.1. The van der Waals surface area contributed by atoms with Gasteiger partial charge in [0.2, 0.25) is 0 Å². The average molecular weight is 618 g/mol. The first kappa shape index (κ1) is 32.3. The lowest BCUT2D eigenvalue weighted by molar-refractivity contribution is -0.156. The number of nitrogens with zero attached hydrogens (tertiary/aromatic N) is 3. The monoisotopic (exact) mass is 617 g/mol. The van der Waals surface area contributed by atoms with E-state index in [2.05, 4.69) is 55.2 Å². The number of fused-ring (bicyclic) bond motifs is 1. The van der Waals surface area contributed by atoms with Crippen LogP contribution in [-0.2, 0) is 20.9 Å². The highest BCUT2D eigenvalue weighted by atomic mass is 16.6. The lowest BCUT2D eigenvalue weighted by Gasteiger charge is -2.44. The molecule has 1 aromatic carbocycles. The number of aromatic nitrogens is 2. The number of allylic oxidation sites excluding steroid dienone is 3. The van der Waals surface area contributed by atoms with Crippen LogP contribution < -0.4 is 26.2 Å². The van der Waals surface area contributed by atoms with Crippen LogP contribution in [0.15, 0.2) is 60.1 Å². The summed E-state index contributed by atoms with van der Waals surface area (Å²) in [5, 5.41) is 13.4. The van der Waals surface area contributed by atoms with E-state index in [1.807, 2.05) is 37.3 Å². The van der Waals surface area contributed by atoms with Crippen molar-refractivity contribution < 1.29 is 19.1 Å². The zero-order valence-electron chi connectivity index (χ0n) is 27.1. The minimum absolute atomic E-state index is 0.0663. The first-order valence-corrected chi connectivity index (χ1v) is 16.0. The van der Waals surface area contributed by atoms with E-state index in [9.17, 15) is 9.59 Å². The molecule has 3 aliphatic heterocycles. The molecule has 1 amide bonds. The third-order valence-electron chi connectivity index (χ3n) is 8.56. The number of carbonyl (C=O) groups is 2. The van der Waals surface area contributed by atoms with Crippen molar-refractivity contribution in [3.05, 3.63) is 71.2 Å². The van der Waals surface area contributed by atoms with Gasteiger partial charge in [0.05, 0.1) is 0 Å². The number of rotatable bonds is 9. The predicted octanol–water partition coefficient (Wildman–Crippen LogP) is 4.56. The number of piperidine rings is 2. The molecule has 3 aliphatic rings. The minimum Gasteiger partial charge on any atom is -0.458 e. The number of anilines is 2. The van der Waals surface area contributed by atoms with Gasteiger partial charge in [0.25, 0.3) is 0 Å². The summed E-state index contributed by atoms with van der Waals surface area (Å²) in [7, 11) is 0. The number of dihydropyridines is 1. The van der Waals surface area contributed by atoms with E-state index in [1.54, 1.807) is 20.8 Å². The molecule has 2 atom stereocenters. The van der Waals surface area contributed by atoms with E-state index in [4.69, 9.17) is 9.47 Å². The van der Waals surface area contributed by atoms with Crippen molar-refractivity contribution in [2.75, 3.05) is 36.4 Å². The molecule has 45 heavy (non-hydrogen) atoms. The Hall–Kier alpha value is -4.12. The summed E-state index contributed by atoms with van der Waals surface area (Å²) >= 11 is 0. The fraction of sp³-hybridized carbons (Fsp3) is 0.529. The third kappa shape index (κ3) is 8.33. The molecule has 0 bridgehead atoms. The summed E-state index contributed by atoms with van der Waals surface area (Å²) in [5.41, 5.74) is 3.60. The molecule has 5 rings (SSSR count). The second-order valence-electron chi connectivity index (χ2n) is 13.2. The Morgan fingerprint density at radius 2 is 1.89 bits per heavy atom. The van der Waals surface area contributed by atoms with Crippen molar-refractivity contribution in [1.82, 2.24) is 25.9 Å². The molecule has 0 aliphatic carbocycles. The van der Waals surface area contributed by atoms with Gasteiger partial charge in [-0.2, -0.15) is 0 Å². The van der Waals surface area contributed by atoms with Crippen LogP contribution in [0.4, 0.5) is 16.4 Å². The number of amides is 1. The quantitative estimate of drug-likeness (QED) is 0.297. The van der Waals surface area contributed by atoms with Crippen molar-refractivity contribution in [1.29, 1.82) is 0 Å². The van der Waals surface area contributed by atoms with Crippen LogP contribution in [-0.4, -0.2) is 65.5 Å². The van der Waals surface area contributed by atoms with E-state index in [-0.39, 0.29) is 18.8 Å². The molecule has 11 heteroatoms. The first-order valence-electron chi connectivity index (χ1n) is 16.0. The third-order valence-corrected chi connectivity index (χ3v) is 8.56. The maximum atomic E-state index is 13.1. The zero-order chi connectivity index (χ0) is 32.0. The van der Waals surface area contributed by atoms with Crippen molar-refractivity contribution in [2.45, 2.75) is 84.2 Å². The number of hydrogen-bond donors (Lipinski definition) is 4. The summed E-state index contributed by atoms with van der Waals surface area (Å²) in [5.74, 6) is 1.36. The molecule has 1 aromatic heterocycles. The van der Waals surface area contributed by atoms with Crippen LogP contribution in [0.1, 0.15) is 64.5 Å². The SMILES string of the molecule is Cc1c(NC[C@H](NC(=O)OCc2ccccc2)C(=O)OC(C)(C)C)ncnc1N1CCC(C2=CC=C3CCCNC3(C)N2)CC1. The topological polar surface area (TPSA) is 130 Å². The van der Waals surface area contributed by atoms with E-state index in [1.165, 1.54) is 24.0 Å². The standard InChI is InChI=1S/C34H47N7O4/c1-23-29(35-20-28(31(42)45-33(2,3)4)39-32(43)44-21-24-10-7-6-8-11-24)36-22-37-30(23)41-18-15-25(16-19-41)27-14-13-26-12-9-17-38-34(26,5)40-27/h6-8,10-11,13-14,22,25,28,38,40H,9,12,15-21H2,1-5H3,(H,39,43)(H,35,36,37)/t28-,34?/m0/s1. The second-order valence-corrected chi connectivity index (χ2v) is 13.2. The Morgan fingerprint density at radius 3 is 2.62 bits per heavy atom. The van der Waals surface area contributed by atoms with Gasteiger partial charge in [-0.05, 0) is 84.1 Å². The average Bonchev–Trinajstić information content (AvgIpc) is 3.02. The normalized spacial score (nSPS) is 21.0. The van der Waals surface area contributed by atoms with Crippen LogP contribution in [0.25, 0.3) is 0 Å². The molecule has 4 heterocycles. The smallest absolute Gasteiger partial charge is 0.408 e. The van der Waals surface area contributed by atoms with Gasteiger partial charge in [-0.3, -0.25) is 5.32 Å². The summed E-state index contributed by atoms with van der Waals surface area (Å²) < 4.78 is 11.0. The fourth-order valence-electron chi connectivity index (χ4n) is 6.13. The number of hydrogen-bond acceptors (Lipinski definition) is 10. The lowest BCUT2D eigenvalue weighted by atomic mass is 9.85. The maximum Gasteiger partial charge on any atom is 0.408 e. The molecule has 0 saturated carbocycles. The maximum absolute atomic E-state index is 13.1. The van der Waals surface area contributed by atoms with Gasteiger partial charge in [-0.25, -0.2) is 19.6 Å². The van der Waals surface area contributed by atoms with Gasteiger partial charge in [0.1, 0.15) is 41.9 Å². The number of esters is 1. The Morgan fingerprint density at radius 1 is 1.13 bits per heavy atom. The Bertz CT molecular complexity index is 1410. The van der Waals surface area contributed by atoms with Crippen molar-refractivity contribution in [2.24, 2.45) is 5.92 Å². The summed E-state index contributed by atoms with van der Waals surface area (Å²) in [6.45, 7) is 12.5. The molecular formula is C34H47N7O4. The Kier molecular flexibility index (Phi) is 9.96. The van der Waals surface area contributed by atoms with E-state index >= 15 is 0 Å². The van der Waals surface area contributed by atoms with E-state index in [0.717, 1.165) is 55.8 Å². The Labute approximate surface area is 266 Å². The van der Waals surface area contributed by atoms with Crippen LogP contribution in [0.3, 0.4) is 0 Å². The molecular weight excluding hydrogens is 570 g/mol. The molecule has 2 fully saturated rings. The number of alkyl carbamates (subject to hydrolysis) is 1.